The number of piperazine rings is 1. The number of benzene rings is 1. The number of aromatic nitrogens is 5. The number of aromatic amines is 1. The lowest BCUT2D eigenvalue weighted by Gasteiger charge is -2.33. The zero-order chi connectivity index (χ0) is 25.4. The number of rotatable bonds is 6. The fourth-order valence-electron chi connectivity index (χ4n) is 4.24. The van der Waals surface area contributed by atoms with Crippen LogP contribution >= 0.6 is 0 Å². The summed E-state index contributed by atoms with van der Waals surface area (Å²) in [6.45, 7) is 2.19. The van der Waals surface area contributed by atoms with E-state index in [4.69, 9.17) is 0 Å². The average Bonchev–Trinajstić information content (AvgIpc) is 3.27. The van der Waals surface area contributed by atoms with Gasteiger partial charge in [0, 0.05) is 44.5 Å². The molecule has 1 saturated heterocycles. The highest BCUT2D eigenvalue weighted by molar-refractivity contribution is 7.88. The molecule has 0 unspecified atom stereocenters. The number of nitrogens with zero attached hydrogens (tertiary/aromatic N) is 6. The smallest absolute Gasteiger partial charge is 0.211 e. The fraction of sp³-hybridized carbons (Fsp3) is 0.304. The molecule has 0 radical (unpaired) electrons. The van der Waals surface area contributed by atoms with E-state index in [-0.39, 0.29) is 11.4 Å². The summed E-state index contributed by atoms with van der Waals surface area (Å²) >= 11 is 0. The third kappa shape index (κ3) is 4.64. The Morgan fingerprint density at radius 1 is 1.06 bits per heavy atom. The van der Waals surface area contributed by atoms with E-state index in [1.165, 1.54) is 28.9 Å². The monoisotopic (exact) mass is 514 g/mol. The molecule has 0 aliphatic carbocycles. The topological polar surface area (TPSA) is 120 Å². The molecule has 2 N–H and O–H groups in total. The number of halogens is 2. The first-order valence-electron chi connectivity index (χ1n) is 11.2. The third-order valence-electron chi connectivity index (χ3n) is 6.06. The molecule has 4 aromatic rings. The van der Waals surface area contributed by atoms with Gasteiger partial charge in [0.2, 0.25) is 10.0 Å². The predicted octanol–water partition coefficient (Wildman–Crippen LogP) is 2.16. The first-order chi connectivity index (χ1) is 17.2. The summed E-state index contributed by atoms with van der Waals surface area (Å²) in [6, 6.07) is 6.18. The van der Waals surface area contributed by atoms with Crippen LogP contribution in [0.4, 0.5) is 14.6 Å². The summed E-state index contributed by atoms with van der Waals surface area (Å²) in [6.07, 6.45) is 4.29. The third-order valence-corrected chi connectivity index (χ3v) is 7.36. The van der Waals surface area contributed by atoms with Gasteiger partial charge in [-0.2, -0.15) is 9.40 Å². The highest BCUT2D eigenvalue weighted by Crippen LogP contribution is 2.30. The first kappa shape index (κ1) is 24.2. The number of hydrogen-bond acceptors (Lipinski definition) is 8. The molecule has 188 valence electrons. The molecule has 1 fully saturated rings. The van der Waals surface area contributed by atoms with Crippen LogP contribution in [0.3, 0.4) is 0 Å². The summed E-state index contributed by atoms with van der Waals surface area (Å²) in [7, 11) is -1.51. The lowest BCUT2D eigenvalue weighted by Crippen LogP contribution is -2.48. The Balaban J connectivity index is 1.42. The largest absolute Gasteiger partial charge is 0.354 e. The minimum absolute atomic E-state index is 0.0792. The number of sulfonamides is 1. The van der Waals surface area contributed by atoms with Crippen LogP contribution in [0.1, 0.15) is 5.56 Å². The normalized spacial score (nSPS) is 15.1. The van der Waals surface area contributed by atoms with Gasteiger partial charge in [-0.25, -0.2) is 32.2 Å². The zero-order valence-corrected chi connectivity index (χ0v) is 20.5. The van der Waals surface area contributed by atoms with Crippen molar-refractivity contribution >= 4 is 26.9 Å². The van der Waals surface area contributed by atoms with E-state index >= 15 is 0 Å². The Kier molecular flexibility index (Phi) is 6.36. The maximum absolute atomic E-state index is 14.8. The molecular formula is C23H24F2N8O2S. The van der Waals surface area contributed by atoms with E-state index in [1.54, 1.807) is 13.2 Å². The van der Waals surface area contributed by atoms with Crippen LogP contribution in [-0.4, -0.2) is 77.4 Å². The van der Waals surface area contributed by atoms with Gasteiger partial charge in [-0.15, -0.1) is 0 Å². The van der Waals surface area contributed by atoms with Crippen molar-refractivity contribution in [3.63, 3.8) is 0 Å². The first-order valence-corrected chi connectivity index (χ1v) is 13.1. The van der Waals surface area contributed by atoms with Crippen LogP contribution < -0.4 is 10.2 Å². The van der Waals surface area contributed by atoms with Crippen LogP contribution in [0.2, 0.25) is 0 Å². The second kappa shape index (κ2) is 9.48. The molecule has 10 nitrogen and oxygen atoms in total. The summed E-state index contributed by atoms with van der Waals surface area (Å²) in [5.74, 6) is -0.851. The molecule has 13 heteroatoms. The van der Waals surface area contributed by atoms with Crippen LogP contribution in [-0.2, 0) is 16.6 Å². The summed E-state index contributed by atoms with van der Waals surface area (Å²) < 4.78 is 54.4. The highest BCUT2D eigenvalue weighted by Gasteiger charge is 2.24. The van der Waals surface area contributed by atoms with E-state index < -0.39 is 21.7 Å². The second-order valence-electron chi connectivity index (χ2n) is 8.55. The van der Waals surface area contributed by atoms with Crippen molar-refractivity contribution in [3.8, 4) is 22.6 Å². The lowest BCUT2D eigenvalue weighted by atomic mass is 10.1. The minimum Gasteiger partial charge on any atom is -0.354 e. The van der Waals surface area contributed by atoms with Gasteiger partial charge in [-0.3, -0.25) is 5.10 Å². The molecule has 1 aliphatic heterocycles. The van der Waals surface area contributed by atoms with Gasteiger partial charge in [0.1, 0.15) is 34.2 Å². The highest BCUT2D eigenvalue weighted by atomic mass is 32.2. The van der Waals surface area contributed by atoms with Crippen molar-refractivity contribution < 1.29 is 17.2 Å². The van der Waals surface area contributed by atoms with Gasteiger partial charge in [-0.05, 0) is 36.9 Å². The Labute approximate surface area is 206 Å². The number of hydrogen-bond donors (Lipinski definition) is 2. The van der Waals surface area contributed by atoms with E-state index in [0.717, 1.165) is 0 Å². The zero-order valence-electron chi connectivity index (χ0n) is 19.7. The quantitative estimate of drug-likeness (QED) is 0.402. The second-order valence-corrected chi connectivity index (χ2v) is 10.5. The van der Waals surface area contributed by atoms with Crippen molar-refractivity contribution in [2.45, 2.75) is 6.54 Å². The SMILES string of the molecule is CNCc1cc(F)c(-c2ncc3[nH]nc(-c4ccc(N5CCN(S(C)(=O)=O)CC5)nc4)c3n2)c(F)c1. The molecule has 0 saturated carbocycles. The molecule has 0 spiro atoms. The molecule has 0 amide bonds. The molecule has 3 aromatic heterocycles. The Morgan fingerprint density at radius 2 is 1.78 bits per heavy atom. The number of fused-ring (bicyclic) bond motifs is 1. The maximum atomic E-state index is 14.8. The van der Waals surface area contributed by atoms with Crippen molar-refractivity contribution in [1.29, 1.82) is 0 Å². The molecule has 1 aliphatic rings. The summed E-state index contributed by atoms with van der Waals surface area (Å²) in [5.41, 5.74) is 2.24. The maximum Gasteiger partial charge on any atom is 0.211 e. The van der Waals surface area contributed by atoms with Gasteiger partial charge in [0.25, 0.3) is 0 Å². The van der Waals surface area contributed by atoms with Crippen molar-refractivity contribution in [3.05, 3.63) is 53.9 Å². The molecule has 36 heavy (non-hydrogen) atoms. The molecule has 5 rings (SSSR count). The standard InChI is InChI=1S/C23H24F2N8O2S/c1-26-11-14-9-16(24)20(17(25)10-14)23-28-13-18-22(29-23)21(31-30-18)15-3-4-19(27-12-15)32-5-7-33(8-6-32)36(2,34)35/h3-4,9-10,12-13,26H,5-8,11H2,1-2H3,(H,30,31). The summed E-state index contributed by atoms with van der Waals surface area (Å²) in [5, 5.41) is 10.0. The molecule has 4 heterocycles. The van der Waals surface area contributed by atoms with Crippen LogP contribution in [0.5, 0.6) is 0 Å². The van der Waals surface area contributed by atoms with Gasteiger partial charge < -0.3 is 10.2 Å². The number of H-pyrrole nitrogens is 1. The van der Waals surface area contributed by atoms with E-state index in [0.29, 0.717) is 66.4 Å². The number of nitrogens with one attached hydrogen (secondary N) is 2. The van der Waals surface area contributed by atoms with E-state index in [1.807, 2.05) is 17.0 Å². The number of pyridine rings is 1. The van der Waals surface area contributed by atoms with Gasteiger partial charge in [0.05, 0.1) is 18.0 Å². The predicted molar refractivity (Wildman–Crippen MR) is 132 cm³/mol. The van der Waals surface area contributed by atoms with Crippen LogP contribution in [0.25, 0.3) is 33.7 Å². The Hall–Kier alpha value is -3.55. The van der Waals surface area contributed by atoms with Crippen molar-refractivity contribution in [1.82, 2.24) is 34.8 Å². The Bertz CT molecular complexity index is 1490. The van der Waals surface area contributed by atoms with Gasteiger partial charge in [-0.1, -0.05) is 0 Å². The molecular weight excluding hydrogens is 490 g/mol. The average molecular weight is 515 g/mol. The van der Waals surface area contributed by atoms with Crippen molar-refractivity contribution in [2.75, 3.05) is 44.4 Å². The fourth-order valence-corrected chi connectivity index (χ4v) is 5.07. The number of anilines is 1. The summed E-state index contributed by atoms with van der Waals surface area (Å²) in [4.78, 5) is 15.1. The van der Waals surface area contributed by atoms with Gasteiger partial charge in [0.15, 0.2) is 5.82 Å². The van der Waals surface area contributed by atoms with E-state index in [2.05, 4.69) is 30.5 Å². The van der Waals surface area contributed by atoms with Crippen molar-refractivity contribution in [2.24, 2.45) is 0 Å². The minimum atomic E-state index is -3.21. The van der Waals surface area contributed by atoms with E-state index in [9.17, 15) is 17.2 Å². The molecule has 0 atom stereocenters. The molecule has 0 bridgehead atoms. The Morgan fingerprint density at radius 3 is 2.39 bits per heavy atom. The lowest BCUT2D eigenvalue weighted by molar-refractivity contribution is 0.387. The van der Waals surface area contributed by atoms with Gasteiger partial charge >= 0.3 is 0 Å². The van der Waals surface area contributed by atoms with Crippen LogP contribution in [0, 0.1) is 11.6 Å². The van der Waals surface area contributed by atoms with Crippen LogP contribution in [0.15, 0.2) is 36.7 Å². The molecule has 1 aromatic carbocycles.